The summed E-state index contributed by atoms with van der Waals surface area (Å²) in [5.41, 5.74) is 4.93. The number of hydrogen-bond acceptors (Lipinski definition) is 6. The third kappa shape index (κ3) is 2.23. The summed E-state index contributed by atoms with van der Waals surface area (Å²) < 4.78 is 4.34. The fraction of sp³-hybridized carbons (Fsp3) is 0.143. The van der Waals surface area contributed by atoms with Gasteiger partial charge in [0.15, 0.2) is 5.70 Å². The number of nitrogens with zero attached hydrogens (tertiary/aromatic N) is 1. The zero-order chi connectivity index (χ0) is 10.6. The number of ether oxygens (including phenoxy) is 1. The van der Waals surface area contributed by atoms with Gasteiger partial charge in [-0.05, 0) is 0 Å². The molecule has 0 saturated carbocycles. The minimum Gasteiger partial charge on any atom is -0.476 e. The summed E-state index contributed by atoms with van der Waals surface area (Å²) in [6.07, 6.45) is 3.59. The zero-order valence-corrected chi connectivity index (χ0v) is 7.35. The fourth-order valence-electron chi connectivity index (χ4n) is 0.786. The Morgan fingerprint density at radius 3 is 2.93 bits per heavy atom. The number of nitrogens with one attached hydrogen (secondary N) is 2. The average Bonchev–Trinajstić information content (AvgIpc) is 2.62. The van der Waals surface area contributed by atoms with Gasteiger partial charge in [0.25, 0.3) is 0 Å². The Balaban J connectivity index is 2.62. The molecule has 0 fully saturated rings. The van der Waals surface area contributed by atoms with E-state index >= 15 is 0 Å². The third-order valence-electron chi connectivity index (χ3n) is 1.43. The van der Waals surface area contributed by atoms with E-state index in [1.54, 1.807) is 0 Å². The predicted octanol–water partition coefficient (Wildman–Crippen LogP) is -1.08. The molecule has 0 unspecified atom stereocenters. The number of hydrogen-bond donors (Lipinski definition) is 3. The van der Waals surface area contributed by atoms with Gasteiger partial charge in [0.05, 0.1) is 7.11 Å². The van der Waals surface area contributed by atoms with Gasteiger partial charge in [-0.25, -0.2) is 9.59 Å². The van der Waals surface area contributed by atoms with Crippen molar-refractivity contribution >= 4 is 11.9 Å². The number of esters is 1. The number of carboxylic acids is 1. The van der Waals surface area contributed by atoms with E-state index in [4.69, 9.17) is 5.11 Å². The van der Waals surface area contributed by atoms with Gasteiger partial charge in [-0.2, -0.15) is 0 Å². The van der Waals surface area contributed by atoms with Gasteiger partial charge in [-0.1, -0.05) is 0 Å². The van der Waals surface area contributed by atoms with Crippen LogP contribution in [0.25, 0.3) is 0 Å². The SMILES string of the molecule is COC(=O)C=CN1NNC=C1C(=O)O. The van der Waals surface area contributed by atoms with Crippen LogP contribution in [0.5, 0.6) is 0 Å². The van der Waals surface area contributed by atoms with Gasteiger partial charge >= 0.3 is 11.9 Å². The van der Waals surface area contributed by atoms with E-state index in [-0.39, 0.29) is 5.70 Å². The Hall–Kier alpha value is -2.02. The second-order valence-corrected chi connectivity index (χ2v) is 2.30. The van der Waals surface area contributed by atoms with Crippen LogP contribution in [0.1, 0.15) is 0 Å². The van der Waals surface area contributed by atoms with Gasteiger partial charge in [0, 0.05) is 18.5 Å². The van der Waals surface area contributed by atoms with Crippen LogP contribution in [0.3, 0.4) is 0 Å². The van der Waals surface area contributed by atoms with Crippen LogP contribution < -0.4 is 11.0 Å². The van der Waals surface area contributed by atoms with Crippen molar-refractivity contribution in [2.24, 2.45) is 0 Å². The molecule has 0 radical (unpaired) electrons. The summed E-state index contributed by atoms with van der Waals surface area (Å²) in [4.78, 5) is 21.3. The molecule has 14 heavy (non-hydrogen) atoms. The monoisotopic (exact) mass is 199 g/mol. The van der Waals surface area contributed by atoms with Gasteiger partial charge < -0.3 is 15.3 Å². The Labute approximate surface area is 79.6 Å². The lowest BCUT2D eigenvalue weighted by atomic mass is 10.4. The average molecular weight is 199 g/mol. The van der Waals surface area contributed by atoms with Crippen molar-refractivity contribution in [1.29, 1.82) is 0 Å². The lowest BCUT2D eigenvalue weighted by Gasteiger charge is -2.12. The largest absolute Gasteiger partial charge is 0.476 e. The van der Waals surface area contributed by atoms with Crippen LogP contribution in [-0.4, -0.2) is 29.2 Å². The van der Waals surface area contributed by atoms with E-state index in [0.717, 1.165) is 11.1 Å². The summed E-state index contributed by atoms with van der Waals surface area (Å²) in [6, 6.07) is 0. The maximum Gasteiger partial charge on any atom is 0.355 e. The Kier molecular flexibility index (Phi) is 3.08. The maximum atomic E-state index is 10.7. The molecule has 0 atom stereocenters. The molecule has 0 spiro atoms. The van der Waals surface area contributed by atoms with Gasteiger partial charge in [-0.3, -0.25) is 5.01 Å². The van der Waals surface area contributed by atoms with Crippen LogP contribution in [0.15, 0.2) is 24.2 Å². The van der Waals surface area contributed by atoms with Crippen LogP contribution in [0.4, 0.5) is 0 Å². The van der Waals surface area contributed by atoms with E-state index < -0.39 is 11.9 Å². The molecule has 0 aromatic carbocycles. The molecule has 76 valence electrons. The maximum absolute atomic E-state index is 10.7. The number of rotatable bonds is 3. The molecule has 0 amide bonds. The van der Waals surface area contributed by atoms with Gasteiger partial charge in [0.2, 0.25) is 0 Å². The van der Waals surface area contributed by atoms with Crippen molar-refractivity contribution in [3.63, 3.8) is 0 Å². The summed E-state index contributed by atoms with van der Waals surface area (Å²) in [5, 5.41) is 9.80. The predicted molar refractivity (Wildman–Crippen MR) is 45.0 cm³/mol. The molecule has 1 aliphatic heterocycles. The highest BCUT2D eigenvalue weighted by molar-refractivity contribution is 5.87. The second-order valence-electron chi connectivity index (χ2n) is 2.30. The molecule has 3 N–H and O–H groups in total. The first-order chi connectivity index (χ1) is 6.65. The van der Waals surface area contributed by atoms with E-state index in [1.807, 2.05) is 0 Å². The standard InChI is InChI=1S/C7H9N3O4/c1-14-6(11)2-3-10-5(7(12)13)4-8-9-10/h2-4,8-9H,1H3,(H,12,13). The number of carboxylic acid groups (broad SMARTS) is 1. The number of methoxy groups -OCH3 is 1. The van der Waals surface area contributed by atoms with Crippen molar-refractivity contribution in [3.05, 3.63) is 24.2 Å². The highest BCUT2D eigenvalue weighted by Gasteiger charge is 2.18. The smallest absolute Gasteiger partial charge is 0.355 e. The Bertz CT molecular complexity index is 310. The number of hydrazine groups is 2. The first-order valence-electron chi connectivity index (χ1n) is 3.65. The highest BCUT2D eigenvalue weighted by Crippen LogP contribution is 2.04. The van der Waals surface area contributed by atoms with E-state index in [0.29, 0.717) is 0 Å². The van der Waals surface area contributed by atoms with Gasteiger partial charge in [-0.15, -0.1) is 5.53 Å². The van der Waals surface area contributed by atoms with E-state index in [2.05, 4.69) is 15.7 Å². The molecule has 0 bridgehead atoms. The fourth-order valence-corrected chi connectivity index (χ4v) is 0.786. The molecule has 1 rings (SSSR count). The van der Waals surface area contributed by atoms with E-state index in [9.17, 15) is 9.59 Å². The Morgan fingerprint density at radius 2 is 2.36 bits per heavy atom. The lowest BCUT2D eigenvalue weighted by Crippen LogP contribution is -2.34. The molecular formula is C7H9N3O4. The zero-order valence-electron chi connectivity index (χ0n) is 7.35. The summed E-state index contributed by atoms with van der Waals surface area (Å²) in [6.45, 7) is 0. The summed E-state index contributed by atoms with van der Waals surface area (Å²) in [7, 11) is 1.23. The molecular weight excluding hydrogens is 190 g/mol. The normalized spacial score (nSPS) is 15.2. The first-order valence-corrected chi connectivity index (χ1v) is 3.65. The molecule has 1 heterocycles. The van der Waals surface area contributed by atoms with Crippen molar-refractivity contribution in [2.45, 2.75) is 0 Å². The highest BCUT2D eigenvalue weighted by atomic mass is 16.5. The second kappa shape index (κ2) is 4.28. The molecule has 7 nitrogen and oxygen atoms in total. The van der Waals surface area contributed by atoms with Crippen molar-refractivity contribution in [3.8, 4) is 0 Å². The number of carbonyl (C=O) groups is 2. The van der Waals surface area contributed by atoms with Crippen molar-refractivity contribution < 1.29 is 19.4 Å². The minimum atomic E-state index is -1.11. The molecule has 7 heteroatoms. The van der Waals surface area contributed by atoms with Crippen molar-refractivity contribution in [1.82, 2.24) is 16.0 Å². The molecule has 0 aliphatic carbocycles. The quantitative estimate of drug-likeness (QED) is 0.393. The van der Waals surface area contributed by atoms with Crippen LogP contribution in [0.2, 0.25) is 0 Å². The van der Waals surface area contributed by atoms with Crippen LogP contribution in [0, 0.1) is 0 Å². The first kappa shape index (κ1) is 10.1. The van der Waals surface area contributed by atoms with E-state index in [1.165, 1.54) is 19.5 Å². The van der Waals surface area contributed by atoms with Gasteiger partial charge in [0.1, 0.15) is 0 Å². The molecule has 0 aromatic rings. The molecule has 0 saturated heterocycles. The molecule has 1 aliphatic rings. The summed E-state index contributed by atoms with van der Waals surface area (Å²) >= 11 is 0. The third-order valence-corrected chi connectivity index (χ3v) is 1.43. The summed E-state index contributed by atoms with van der Waals surface area (Å²) in [5.74, 6) is -1.68. The lowest BCUT2D eigenvalue weighted by molar-refractivity contribution is -0.136. The Morgan fingerprint density at radius 1 is 1.64 bits per heavy atom. The number of carbonyl (C=O) groups excluding carboxylic acids is 1. The molecule has 0 aromatic heterocycles. The topological polar surface area (TPSA) is 90.9 Å². The van der Waals surface area contributed by atoms with Crippen LogP contribution >= 0.6 is 0 Å². The number of aliphatic carboxylic acids is 1. The van der Waals surface area contributed by atoms with Crippen molar-refractivity contribution in [2.75, 3.05) is 7.11 Å². The van der Waals surface area contributed by atoms with Crippen LogP contribution in [-0.2, 0) is 14.3 Å². The minimum absolute atomic E-state index is 0.0230.